The quantitative estimate of drug-likeness (QED) is 0.586. The number of aliphatic imine (C=N–C) groups is 1. The largest absolute Gasteiger partial charge is 0.493 e. The Hall–Kier alpha value is -1.96. The number of fused-ring (bicyclic) bond motifs is 1. The zero-order valence-corrected chi connectivity index (χ0v) is 12.0. The van der Waals surface area contributed by atoms with Gasteiger partial charge in [-0.3, -0.25) is 4.99 Å². The van der Waals surface area contributed by atoms with E-state index in [4.69, 9.17) is 10.5 Å². The van der Waals surface area contributed by atoms with Crippen LogP contribution in [0.4, 0.5) is 13.2 Å². The molecule has 1 aromatic rings. The maximum absolute atomic E-state index is 12.5. The number of hydrogen-bond acceptors (Lipinski definition) is 3. The number of hydrogen-bond donors (Lipinski definition) is 3. The van der Waals surface area contributed by atoms with E-state index in [1.165, 1.54) is 0 Å². The van der Waals surface area contributed by atoms with Gasteiger partial charge in [-0.2, -0.15) is 13.2 Å². The third kappa shape index (κ3) is 3.62. The lowest BCUT2D eigenvalue weighted by atomic mass is 10.0. The minimum absolute atomic E-state index is 0.147. The van der Waals surface area contributed by atoms with E-state index in [2.05, 4.69) is 10.3 Å². The van der Waals surface area contributed by atoms with Crippen molar-refractivity contribution < 1.29 is 23.0 Å². The fraction of sp³-hybridized carbons (Fsp3) is 0.500. The summed E-state index contributed by atoms with van der Waals surface area (Å²) in [7, 11) is 0. The minimum Gasteiger partial charge on any atom is -0.493 e. The number of halogens is 3. The molecule has 0 amide bonds. The lowest BCUT2D eigenvalue weighted by Gasteiger charge is -2.28. The molecule has 1 aliphatic heterocycles. The first kappa shape index (κ1) is 16.4. The van der Waals surface area contributed by atoms with Crippen LogP contribution in [-0.2, 0) is 0 Å². The summed E-state index contributed by atoms with van der Waals surface area (Å²) >= 11 is 0. The Bertz CT molecular complexity index is 559. The molecule has 0 bridgehead atoms. The smallest absolute Gasteiger partial charge is 0.418 e. The molecule has 0 saturated carbocycles. The van der Waals surface area contributed by atoms with E-state index >= 15 is 0 Å². The van der Waals surface area contributed by atoms with Crippen LogP contribution < -0.4 is 15.8 Å². The highest BCUT2D eigenvalue weighted by Gasteiger charge is 2.49. The van der Waals surface area contributed by atoms with Crippen molar-refractivity contribution in [2.75, 3.05) is 13.2 Å². The summed E-state index contributed by atoms with van der Waals surface area (Å²) in [6.07, 6.45) is -4.15. The molecular formula is C14H18F3N3O2. The van der Waals surface area contributed by atoms with E-state index in [9.17, 15) is 18.3 Å². The van der Waals surface area contributed by atoms with Gasteiger partial charge in [0.2, 0.25) is 0 Å². The number of alkyl halides is 3. The number of rotatable bonds is 3. The van der Waals surface area contributed by atoms with Gasteiger partial charge in [-0.1, -0.05) is 18.2 Å². The molecule has 1 heterocycles. The molecule has 2 atom stereocenters. The van der Waals surface area contributed by atoms with Crippen molar-refractivity contribution in [2.24, 2.45) is 10.7 Å². The van der Waals surface area contributed by atoms with E-state index in [-0.39, 0.29) is 12.0 Å². The van der Waals surface area contributed by atoms with Gasteiger partial charge in [-0.25, -0.2) is 0 Å². The summed E-state index contributed by atoms with van der Waals surface area (Å²) in [6.45, 7) is 0.274. The topological polar surface area (TPSA) is 79.9 Å². The summed E-state index contributed by atoms with van der Waals surface area (Å²) in [4.78, 5) is 3.60. The average Bonchev–Trinajstić information content (AvgIpc) is 2.44. The molecule has 1 aliphatic rings. The SMILES string of the molecule is CC(O)(CN=C(N)NC1CCOc2ccccc21)C(F)(F)F. The summed E-state index contributed by atoms with van der Waals surface area (Å²) < 4.78 is 43.1. The summed E-state index contributed by atoms with van der Waals surface area (Å²) in [5.74, 6) is 0.563. The van der Waals surface area contributed by atoms with Crippen molar-refractivity contribution in [1.82, 2.24) is 5.32 Å². The molecule has 0 fully saturated rings. The van der Waals surface area contributed by atoms with Crippen LogP contribution in [-0.4, -0.2) is 36.0 Å². The van der Waals surface area contributed by atoms with Gasteiger partial charge in [0.1, 0.15) is 5.75 Å². The zero-order valence-electron chi connectivity index (χ0n) is 12.0. The number of ether oxygens (including phenoxy) is 1. The van der Waals surface area contributed by atoms with Gasteiger partial charge in [0.25, 0.3) is 0 Å². The maximum atomic E-state index is 12.5. The number of nitrogens with two attached hydrogens (primary N) is 1. The third-order valence-electron chi connectivity index (χ3n) is 3.45. The fourth-order valence-electron chi connectivity index (χ4n) is 2.04. The first-order valence-electron chi connectivity index (χ1n) is 6.78. The molecule has 0 saturated heterocycles. The number of nitrogens with zero attached hydrogens (tertiary/aromatic N) is 1. The highest BCUT2D eigenvalue weighted by atomic mass is 19.4. The first-order valence-corrected chi connectivity index (χ1v) is 6.78. The molecule has 0 radical (unpaired) electrons. The Morgan fingerprint density at radius 3 is 2.82 bits per heavy atom. The van der Waals surface area contributed by atoms with Crippen LogP contribution in [0.1, 0.15) is 24.9 Å². The van der Waals surface area contributed by atoms with Gasteiger partial charge in [0.05, 0.1) is 19.2 Å². The second-order valence-electron chi connectivity index (χ2n) is 5.34. The van der Waals surface area contributed by atoms with E-state index in [0.717, 1.165) is 5.56 Å². The molecule has 2 unspecified atom stereocenters. The third-order valence-corrected chi connectivity index (χ3v) is 3.45. The van der Waals surface area contributed by atoms with Crippen molar-refractivity contribution >= 4 is 5.96 Å². The number of benzene rings is 1. The van der Waals surface area contributed by atoms with Gasteiger partial charge in [-0.05, 0) is 13.0 Å². The van der Waals surface area contributed by atoms with E-state index < -0.39 is 18.3 Å². The Labute approximate surface area is 126 Å². The highest BCUT2D eigenvalue weighted by Crippen LogP contribution is 2.32. The predicted octanol–water partition coefficient (Wildman–Crippen LogP) is 1.73. The van der Waals surface area contributed by atoms with Crippen molar-refractivity contribution in [3.8, 4) is 5.75 Å². The minimum atomic E-state index is -4.76. The Balaban J connectivity index is 2.04. The number of para-hydroxylation sites is 1. The van der Waals surface area contributed by atoms with Crippen LogP contribution in [0.15, 0.2) is 29.3 Å². The molecule has 122 valence electrons. The molecule has 5 nitrogen and oxygen atoms in total. The molecular weight excluding hydrogens is 299 g/mol. The van der Waals surface area contributed by atoms with Gasteiger partial charge in [0.15, 0.2) is 11.6 Å². The van der Waals surface area contributed by atoms with Crippen molar-refractivity contribution in [1.29, 1.82) is 0 Å². The molecule has 0 spiro atoms. The summed E-state index contributed by atoms with van der Waals surface area (Å²) in [6, 6.07) is 7.14. The molecule has 1 aromatic carbocycles. The van der Waals surface area contributed by atoms with Crippen LogP contribution in [0, 0.1) is 0 Å². The molecule has 0 aromatic heterocycles. The first-order chi connectivity index (χ1) is 10.2. The second-order valence-corrected chi connectivity index (χ2v) is 5.34. The average molecular weight is 317 g/mol. The molecule has 2 rings (SSSR count). The van der Waals surface area contributed by atoms with Crippen molar-refractivity contribution in [2.45, 2.75) is 31.2 Å². The van der Waals surface area contributed by atoms with E-state index in [1.54, 1.807) is 0 Å². The normalized spacial score (nSPS) is 21.5. The van der Waals surface area contributed by atoms with E-state index in [1.807, 2.05) is 24.3 Å². The van der Waals surface area contributed by atoms with Gasteiger partial charge in [-0.15, -0.1) is 0 Å². The highest BCUT2D eigenvalue weighted by molar-refractivity contribution is 5.78. The second kappa shape index (κ2) is 6.04. The molecule has 0 aliphatic carbocycles. The van der Waals surface area contributed by atoms with Crippen LogP contribution in [0.2, 0.25) is 0 Å². The van der Waals surface area contributed by atoms with Crippen molar-refractivity contribution in [3.63, 3.8) is 0 Å². The predicted molar refractivity (Wildman–Crippen MR) is 75.6 cm³/mol. The Morgan fingerprint density at radius 1 is 1.45 bits per heavy atom. The maximum Gasteiger partial charge on any atom is 0.418 e. The van der Waals surface area contributed by atoms with Gasteiger partial charge in [0, 0.05) is 12.0 Å². The monoisotopic (exact) mass is 317 g/mol. The standard InChI is InChI=1S/C14H18F3N3O2/c1-13(21,14(15,16)17)8-19-12(18)20-10-6-7-22-11-5-3-2-4-9(10)11/h2-5,10,21H,6-8H2,1H3,(H3,18,19,20). The zero-order chi connectivity index (χ0) is 16.4. The lowest BCUT2D eigenvalue weighted by molar-refractivity contribution is -0.248. The number of nitrogens with one attached hydrogen (secondary N) is 1. The van der Waals surface area contributed by atoms with Crippen LogP contribution in [0.25, 0.3) is 0 Å². The number of guanidine groups is 1. The Kier molecular flexibility index (Phi) is 4.50. The van der Waals surface area contributed by atoms with E-state index in [0.29, 0.717) is 25.7 Å². The fourth-order valence-corrected chi connectivity index (χ4v) is 2.04. The van der Waals surface area contributed by atoms with Crippen molar-refractivity contribution in [3.05, 3.63) is 29.8 Å². The molecule has 4 N–H and O–H groups in total. The van der Waals surface area contributed by atoms with Gasteiger partial charge < -0.3 is 20.9 Å². The van der Waals surface area contributed by atoms with Gasteiger partial charge >= 0.3 is 6.18 Å². The summed E-state index contributed by atoms with van der Waals surface area (Å²) in [5.41, 5.74) is 3.59. The Morgan fingerprint density at radius 2 is 2.14 bits per heavy atom. The van der Waals surface area contributed by atoms with Crippen LogP contribution >= 0.6 is 0 Å². The molecule has 22 heavy (non-hydrogen) atoms. The lowest BCUT2D eigenvalue weighted by Crippen LogP contribution is -2.46. The van der Waals surface area contributed by atoms with Crippen LogP contribution in [0.5, 0.6) is 5.75 Å². The molecule has 8 heteroatoms. The number of aliphatic hydroxyl groups is 1. The summed E-state index contributed by atoms with van der Waals surface area (Å²) in [5, 5.41) is 12.2. The van der Waals surface area contributed by atoms with Crippen LogP contribution in [0.3, 0.4) is 0 Å².